The lowest BCUT2D eigenvalue weighted by molar-refractivity contribution is 0.0993. The second-order valence-corrected chi connectivity index (χ2v) is 6.94. The Balaban J connectivity index is 1.68. The highest BCUT2D eigenvalue weighted by molar-refractivity contribution is 7.13. The number of aliphatic hydroxyl groups is 1. The molecular formula is C19H21N3O3S. The van der Waals surface area contributed by atoms with Crippen molar-refractivity contribution in [2.75, 3.05) is 6.61 Å². The molecule has 0 aliphatic heterocycles. The summed E-state index contributed by atoms with van der Waals surface area (Å²) in [6.07, 6.45) is 3.00. The molecule has 3 N–H and O–H groups in total. The Morgan fingerprint density at radius 1 is 1.35 bits per heavy atom. The van der Waals surface area contributed by atoms with E-state index < -0.39 is 12.0 Å². The van der Waals surface area contributed by atoms with Gasteiger partial charge in [-0.15, -0.1) is 11.3 Å². The number of carbonyl (C=O) groups excluding carboxylic acids is 1. The molecule has 0 spiro atoms. The van der Waals surface area contributed by atoms with Gasteiger partial charge in [-0.05, 0) is 30.5 Å². The van der Waals surface area contributed by atoms with Crippen molar-refractivity contribution in [2.45, 2.75) is 25.5 Å². The summed E-state index contributed by atoms with van der Waals surface area (Å²) in [6, 6.07) is 11.7. The Hall–Kier alpha value is -2.64. The van der Waals surface area contributed by atoms with E-state index in [1.807, 2.05) is 35.7 Å². The van der Waals surface area contributed by atoms with Gasteiger partial charge in [-0.2, -0.15) is 0 Å². The number of rotatable bonds is 8. The van der Waals surface area contributed by atoms with Crippen molar-refractivity contribution in [1.82, 2.24) is 9.55 Å². The maximum absolute atomic E-state index is 11.2. The Labute approximate surface area is 155 Å². The molecule has 1 amide bonds. The first-order valence-electron chi connectivity index (χ1n) is 8.33. The molecule has 0 fully saturated rings. The summed E-state index contributed by atoms with van der Waals surface area (Å²) in [5.41, 5.74) is 6.47. The number of para-hydroxylation sites is 1. The van der Waals surface area contributed by atoms with E-state index >= 15 is 0 Å². The number of primary amides is 1. The smallest absolute Gasteiger partial charge is 0.268 e. The van der Waals surface area contributed by atoms with Crippen LogP contribution in [0.25, 0.3) is 10.4 Å². The third-order valence-corrected chi connectivity index (χ3v) is 5.04. The fourth-order valence-electron chi connectivity index (χ4n) is 2.80. The summed E-state index contributed by atoms with van der Waals surface area (Å²) in [5.74, 6) is 0.219. The van der Waals surface area contributed by atoms with Gasteiger partial charge < -0.3 is 20.1 Å². The van der Waals surface area contributed by atoms with Crippen LogP contribution >= 0.6 is 11.3 Å². The van der Waals surface area contributed by atoms with E-state index in [4.69, 9.17) is 10.5 Å². The summed E-state index contributed by atoms with van der Waals surface area (Å²) in [6.45, 7) is 2.12. The SMILES string of the molecule is CC(O)C(CCOc1ccccc1-c1cccs1)n1cnc(C(N)=O)c1. The molecule has 0 radical (unpaired) electrons. The third kappa shape index (κ3) is 4.12. The van der Waals surface area contributed by atoms with Gasteiger partial charge in [0.25, 0.3) is 5.91 Å². The average molecular weight is 371 g/mol. The van der Waals surface area contributed by atoms with E-state index in [1.54, 1.807) is 29.0 Å². The Bertz CT molecular complexity index is 859. The van der Waals surface area contributed by atoms with Crippen LogP contribution in [0.1, 0.15) is 29.9 Å². The van der Waals surface area contributed by atoms with Gasteiger partial charge in [-0.1, -0.05) is 18.2 Å². The van der Waals surface area contributed by atoms with Gasteiger partial charge in [-0.3, -0.25) is 4.79 Å². The predicted molar refractivity (Wildman–Crippen MR) is 101 cm³/mol. The van der Waals surface area contributed by atoms with Crippen molar-refractivity contribution in [3.63, 3.8) is 0 Å². The summed E-state index contributed by atoms with van der Waals surface area (Å²) >= 11 is 1.66. The van der Waals surface area contributed by atoms with Crippen LogP contribution < -0.4 is 10.5 Å². The highest BCUT2D eigenvalue weighted by Crippen LogP contribution is 2.33. The van der Waals surface area contributed by atoms with Crippen molar-refractivity contribution in [3.8, 4) is 16.2 Å². The minimum absolute atomic E-state index is 0.180. The minimum Gasteiger partial charge on any atom is -0.493 e. The number of thiophene rings is 1. The molecule has 2 unspecified atom stereocenters. The molecule has 3 aromatic rings. The lowest BCUT2D eigenvalue weighted by atomic mass is 10.1. The molecule has 1 aromatic carbocycles. The van der Waals surface area contributed by atoms with Gasteiger partial charge >= 0.3 is 0 Å². The number of hydrogen-bond donors (Lipinski definition) is 2. The first-order chi connectivity index (χ1) is 12.6. The number of nitrogens with zero attached hydrogens (tertiary/aromatic N) is 2. The lowest BCUT2D eigenvalue weighted by Crippen LogP contribution is -2.23. The van der Waals surface area contributed by atoms with E-state index in [0.29, 0.717) is 13.0 Å². The number of benzene rings is 1. The molecule has 0 saturated heterocycles. The highest BCUT2D eigenvalue weighted by Gasteiger charge is 2.19. The van der Waals surface area contributed by atoms with Gasteiger partial charge in [0, 0.05) is 23.1 Å². The quantitative estimate of drug-likeness (QED) is 0.637. The second kappa shape index (κ2) is 8.16. The monoisotopic (exact) mass is 371 g/mol. The highest BCUT2D eigenvalue weighted by atomic mass is 32.1. The largest absolute Gasteiger partial charge is 0.493 e. The molecule has 136 valence electrons. The molecule has 26 heavy (non-hydrogen) atoms. The van der Waals surface area contributed by atoms with E-state index in [2.05, 4.69) is 11.1 Å². The van der Waals surface area contributed by atoms with Crippen molar-refractivity contribution in [3.05, 3.63) is 60.0 Å². The van der Waals surface area contributed by atoms with Crippen molar-refractivity contribution < 1.29 is 14.6 Å². The van der Waals surface area contributed by atoms with Gasteiger partial charge in [-0.25, -0.2) is 4.98 Å². The molecule has 0 aliphatic rings. The number of ether oxygens (including phenoxy) is 1. The molecule has 7 heteroatoms. The van der Waals surface area contributed by atoms with Gasteiger partial charge in [0.2, 0.25) is 0 Å². The maximum Gasteiger partial charge on any atom is 0.268 e. The van der Waals surface area contributed by atoms with Crippen LogP contribution in [0, 0.1) is 0 Å². The zero-order valence-electron chi connectivity index (χ0n) is 14.4. The van der Waals surface area contributed by atoms with Gasteiger partial charge in [0.1, 0.15) is 11.4 Å². The molecule has 2 aromatic heterocycles. The molecule has 2 heterocycles. The standard InChI is InChI=1S/C19H21N3O3S/c1-13(23)16(22-11-15(19(20)24)21-12-22)8-9-25-17-6-3-2-5-14(17)18-7-4-10-26-18/h2-7,10-13,16,23H,8-9H2,1H3,(H2,20,24). The number of aliphatic hydroxyl groups excluding tert-OH is 1. The third-order valence-electron chi connectivity index (χ3n) is 4.14. The van der Waals surface area contributed by atoms with Gasteiger partial charge in [0.15, 0.2) is 0 Å². The second-order valence-electron chi connectivity index (χ2n) is 5.99. The molecule has 0 aliphatic carbocycles. The van der Waals surface area contributed by atoms with Crippen LogP contribution in [0.15, 0.2) is 54.3 Å². The summed E-state index contributed by atoms with van der Waals surface area (Å²) in [7, 11) is 0. The zero-order valence-corrected chi connectivity index (χ0v) is 15.2. The van der Waals surface area contributed by atoms with Gasteiger partial charge in [0.05, 0.1) is 25.1 Å². The van der Waals surface area contributed by atoms with E-state index in [0.717, 1.165) is 16.2 Å². The Morgan fingerprint density at radius 3 is 2.81 bits per heavy atom. The van der Waals surface area contributed by atoms with E-state index in [9.17, 15) is 9.90 Å². The Morgan fingerprint density at radius 2 is 2.15 bits per heavy atom. The van der Waals surface area contributed by atoms with Crippen molar-refractivity contribution in [1.29, 1.82) is 0 Å². The average Bonchev–Trinajstić information content (AvgIpc) is 3.30. The number of amides is 1. The van der Waals surface area contributed by atoms with E-state index in [1.165, 1.54) is 6.33 Å². The number of carbonyl (C=O) groups is 1. The van der Waals surface area contributed by atoms with Crippen molar-refractivity contribution in [2.24, 2.45) is 5.73 Å². The molecule has 3 rings (SSSR count). The number of aromatic nitrogens is 2. The molecule has 0 bridgehead atoms. The minimum atomic E-state index is -0.624. The normalized spacial score (nSPS) is 13.3. The van der Waals surface area contributed by atoms with Crippen LogP contribution in [0.3, 0.4) is 0 Å². The van der Waals surface area contributed by atoms with Crippen LogP contribution in [-0.2, 0) is 0 Å². The topological polar surface area (TPSA) is 90.4 Å². The zero-order chi connectivity index (χ0) is 18.5. The number of nitrogens with two attached hydrogens (primary N) is 1. The van der Waals surface area contributed by atoms with Crippen molar-refractivity contribution >= 4 is 17.2 Å². The first kappa shape index (κ1) is 18.2. The molecule has 0 saturated carbocycles. The number of imidazole rings is 1. The van der Waals surface area contributed by atoms with Crippen LogP contribution in [-0.4, -0.2) is 33.3 Å². The summed E-state index contributed by atoms with van der Waals surface area (Å²) < 4.78 is 7.70. The van der Waals surface area contributed by atoms with Crippen LogP contribution in [0.5, 0.6) is 5.75 Å². The predicted octanol–water partition coefficient (Wildman–Crippen LogP) is 3.10. The molecule has 6 nitrogen and oxygen atoms in total. The van der Waals surface area contributed by atoms with Crippen LogP contribution in [0.2, 0.25) is 0 Å². The Kier molecular flexibility index (Phi) is 5.70. The first-order valence-corrected chi connectivity index (χ1v) is 9.21. The lowest BCUT2D eigenvalue weighted by Gasteiger charge is -2.21. The summed E-state index contributed by atoms with van der Waals surface area (Å²) in [4.78, 5) is 16.3. The molecular weight excluding hydrogens is 350 g/mol. The maximum atomic E-state index is 11.2. The molecule has 2 atom stereocenters. The fourth-order valence-corrected chi connectivity index (χ4v) is 3.56. The number of hydrogen-bond acceptors (Lipinski definition) is 5. The van der Waals surface area contributed by atoms with E-state index in [-0.39, 0.29) is 11.7 Å². The summed E-state index contributed by atoms with van der Waals surface area (Å²) in [5, 5.41) is 12.1. The fraction of sp³-hybridized carbons (Fsp3) is 0.263. The van der Waals surface area contributed by atoms with Crippen LogP contribution in [0.4, 0.5) is 0 Å².